The van der Waals surface area contributed by atoms with Crippen LogP contribution >= 0.6 is 15.9 Å². The lowest BCUT2D eigenvalue weighted by molar-refractivity contribution is 0.970. The maximum Gasteiger partial charge on any atom is 0.138 e. The first-order valence-electron chi connectivity index (χ1n) is 6.01. The van der Waals surface area contributed by atoms with Crippen LogP contribution in [-0.4, -0.2) is 30.6 Å². The van der Waals surface area contributed by atoms with Crippen LogP contribution in [-0.2, 0) is 0 Å². The lowest BCUT2D eigenvalue weighted by atomic mass is 10.3. The van der Waals surface area contributed by atoms with E-state index in [1.54, 1.807) is 4.90 Å². The van der Waals surface area contributed by atoms with Gasteiger partial charge in [0.15, 0.2) is 0 Å². The second-order valence-electron chi connectivity index (χ2n) is 4.29. The molecule has 0 amide bonds. The summed E-state index contributed by atoms with van der Waals surface area (Å²) in [5.74, 6) is 1.50. The summed E-state index contributed by atoms with van der Waals surface area (Å²) < 4.78 is 1.01. The Morgan fingerprint density at radius 3 is 2.65 bits per heavy atom. The van der Waals surface area contributed by atoms with E-state index in [0.29, 0.717) is 0 Å². The molecular weight excluding hydrogens is 318 g/mol. The fourth-order valence-electron chi connectivity index (χ4n) is 1.73. The third kappa shape index (κ3) is 3.25. The average Bonchev–Trinajstić information content (AvgIpc) is 2.47. The number of rotatable bonds is 4. The third-order valence-electron chi connectivity index (χ3n) is 2.88. The molecule has 0 atom stereocenters. The van der Waals surface area contributed by atoms with Gasteiger partial charge in [0.2, 0.25) is 0 Å². The van der Waals surface area contributed by atoms with Crippen molar-refractivity contribution in [2.24, 2.45) is 0 Å². The van der Waals surface area contributed by atoms with Crippen molar-refractivity contribution in [3.05, 3.63) is 41.1 Å². The molecule has 20 heavy (non-hydrogen) atoms. The first kappa shape index (κ1) is 14.3. The van der Waals surface area contributed by atoms with E-state index in [9.17, 15) is 0 Å². The van der Waals surface area contributed by atoms with Crippen LogP contribution in [0, 0.1) is 11.3 Å². The van der Waals surface area contributed by atoms with E-state index in [2.05, 4.69) is 32.0 Å². The van der Waals surface area contributed by atoms with Crippen LogP contribution in [0.15, 0.2) is 41.1 Å². The Morgan fingerprint density at radius 2 is 1.95 bits per heavy atom. The molecule has 0 fully saturated rings. The number of hydrogen-bond acceptors (Lipinski definition) is 5. The van der Waals surface area contributed by atoms with E-state index in [1.807, 2.05) is 49.3 Å². The van der Waals surface area contributed by atoms with E-state index in [-0.39, 0.29) is 6.54 Å². The summed E-state index contributed by atoms with van der Waals surface area (Å²) >= 11 is 3.46. The zero-order chi connectivity index (χ0) is 14.5. The molecule has 5 nitrogen and oxygen atoms in total. The molecule has 0 aliphatic heterocycles. The molecule has 0 saturated heterocycles. The first-order chi connectivity index (χ1) is 9.61. The van der Waals surface area contributed by atoms with E-state index in [0.717, 1.165) is 21.8 Å². The van der Waals surface area contributed by atoms with Crippen LogP contribution < -0.4 is 9.80 Å². The SMILES string of the molecule is CN(CC#N)c1cc(N(C)c2cccc(Br)c2)ncn1. The lowest BCUT2D eigenvalue weighted by Gasteiger charge is -2.20. The van der Waals surface area contributed by atoms with Crippen molar-refractivity contribution in [3.8, 4) is 6.07 Å². The Bertz CT molecular complexity index is 637. The smallest absolute Gasteiger partial charge is 0.138 e. The van der Waals surface area contributed by atoms with Gasteiger partial charge in [-0.15, -0.1) is 0 Å². The molecule has 0 spiro atoms. The van der Waals surface area contributed by atoms with Gasteiger partial charge in [0, 0.05) is 30.3 Å². The minimum absolute atomic E-state index is 0.289. The fraction of sp³-hybridized carbons (Fsp3) is 0.214. The van der Waals surface area contributed by atoms with Gasteiger partial charge in [0.25, 0.3) is 0 Å². The zero-order valence-electron chi connectivity index (χ0n) is 11.3. The monoisotopic (exact) mass is 331 g/mol. The summed E-state index contributed by atoms with van der Waals surface area (Å²) in [4.78, 5) is 12.2. The molecule has 0 radical (unpaired) electrons. The highest BCUT2D eigenvalue weighted by Gasteiger charge is 2.09. The standard InChI is InChI=1S/C14H14BrN5/c1-19(7-6-16)13-9-14(18-10-17-13)20(2)12-5-3-4-11(15)8-12/h3-5,8-10H,7H2,1-2H3. The average molecular weight is 332 g/mol. The Labute approximate surface area is 126 Å². The summed E-state index contributed by atoms with van der Waals surface area (Å²) in [6, 6.07) is 11.9. The van der Waals surface area contributed by atoms with Gasteiger partial charge >= 0.3 is 0 Å². The number of anilines is 3. The molecular formula is C14H14BrN5. The Morgan fingerprint density at radius 1 is 1.20 bits per heavy atom. The molecule has 0 aliphatic rings. The Kier molecular flexibility index (Phi) is 4.53. The maximum absolute atomic E-state index is 8.73. The van der Waals surface area contributed by atoms with E-state index < -0.39 is 0 Å². The molecule has 102 valence electrons. The molecule has 2 rings (SSSR count). The van der Waals surface area contributed by atoms with Crippen molar-refractivity contribution in [2.45, 2.75) is 0 Å². The van der Waals surface area contributed by atoms with Crippen molar-refractivity contribution in [2.75, 3.05) is 30.4 Å². The molecule has 1 heterocycles. The van der Waals surface area contributed by atoms with E-state index in [1.165, 1.54) is 6.33 Å². The van der Waals surface area contributed by atoms with Crippen molar-refractivity contribution in [1.82, 2.24) is 9.97 Å². The summed E-state index contributed by atoms with van der Waals surface area (Å²) in [7, 11) is 3.77. The second kappa shape index (κ2) is 6.35. The van der Waals surface area contributed by atoms with Gasteiger partial charge in [0.1, 0.15) is 24.5 Å². The Balaban J connectivity index is 2.29. The zero-order valence-corrected chi connectivity index (χ0v) is 12.9. The van der Waals surface area contributed by atoms with Gasteiger partial charge in [-0.2, -0.15) is 5.26 Å². The number of nitriles is 1. The fourth-order valence-corrected chi connectivity index (χ4v) is 2.12. The maximum atomic E-state index is 8.73. The minimum Gasteiger partial charge on any atom is -0.346 e. The highest BCUT2D eigenvalue weighted by molar-refractivity contribution is 9.10. The van der Waals surface area contributed by atoms with Crippen molar-refractivity contribution in [1.29, 1.82) is 5.26 Å². The van der Waals surface area contributed by atoms with Crippen LogP contribution in [0.3, 0.4) is 0 Å². The third-order valence-corrected chi connectivity index (χ3v) is 3.37. The highest BCUT2D eigenvalue weighted by Crippen LogP contribution is 2.25. The Hall–Kier alpha value is -2.13. The number of benzene rings is 1. The van der Waals surface area contributed by atoms with Gasteiger partial charge in [-0.3, -0.25) is 0 Å². The predicted octanol–water partition coefficient (Wildman–Crippen LogP) is 2.97. The van der Waals surface area contributed by atoms with Crippen molar-refractivity contribution < 1.29 is 0 Å². The molecule has 0 saturated carbocycles. The topological polar surface area (TPSA) is 56.1 Å². The summed E-state index contributed by atoms with van der Waals surface area (Å²) in [6.45, 7) is 0.289. The molecule has 0 bridgehead atoms. The highest BCUT2D eigenvalue weighted by atomic mass is 79.9. The first-order valence-corrected chi connectivity index (χ1v) is 6.80. The van der Waals surface area contributed by atoms with E-state index >= 15 is 0 Å². The van der Waals surface area contributed by atoms with Gasteiger partial charge in [-0.05, 0) is 18.2 Å². The molecule has 1 aromatic heterocycles. The normalized spacial score (nSPS) is 9.90. The minimum atomic E-state index is 0.289. The molecule has 1 aromatic carbocycles. The molecule has 0 unspecified atom stereocenters. The number of aromatic nitrogens is 2. The molecule has 0 N–H and O–H groups in total. The number of nitrogens with zero attached hydrogens (tertiary/aromatic N) is 5. The number of hydrogen-bond donors (Lipinski definition) is 0. The van der Waals surface area contributed by atoms with Gasteiger partial charge < -0.3 is 9.80 Å². The molecule has 6 heteroatoms. The van der Waals surface area contributed by atoms with Gasteiger partial charge in [0.05, 0.1) is 6.07 Å². The molecule has 2 aromatic rings. The van der Waals surface area contributed by atoms with Gasteiger partial charge in [-0.1, -0.05) is 22.0 Å². The van der Waals surface area contributed by atoms with Crippen LogP contribution in [0.1, 0.15) is 0 Å². The quantitative estimate of drug-likeness (QED) is 0.806. The van der Waals surface area contributed by atoms with E-state index in [4.69, 9.17) is 5.26 Å². The lowest BCUT2D eigenvalue weighted by Crippen LogP contribution is -2.19. The summed E-state index contributed by atoms with van der Waals surface area (Å²) in [5, 5.41) is 8.73. The van der Waals surface area contributed by atoms with Crippen LogP contribution in [0.25, 0.3) is 0 Å². The predicted molar refractivity (Wildman–Crippen MR) is 83.1 cm³/mol. The van der Waals surface area contributed by atoms with Crippen LogP contribution in [0.5, 0.6) is 0 Å². The molecule has 0 aliphatic carbocycles. The van der Waals surface area contributed by atoms with Crippen molar-refractivity contribution in [3.63, 3.8) is 0 Å². The number of halogens is 1. The van der Waals surface area contributed by atoms with Crippen molar-refractivity contribution >= 4 is 33.3 Å². The second-order valence-corrected chi connectivity index (χ2v) is 5.20. The van der Waals surface area contributed by atoms with Gasteiger partial charge in [-0.25, -0.2) is 9.97 Å². The van der Waals surface area contributed by atoms with Crippen LogP contribution in [0.4, 0.5) is 17.3 Å². The summed E-state index contributed by atoms with van der Waals surface area (Å²) in [5.41, 5.74) is 1.02. The largest absolute Gasteiger partial charge is 0.346 e. The summed E-state index contributed by atoms with van der Waals surface area (Å²) in [6.07, 6.45) is 1.51. The van der Waals surface area contributed by atoms with Crippen LogP contribution in [0.2, 0.25) is 0 Å².